The molecule has 0 fully saturated rings. The summed E-state index contributed by atoms with van der Waals surface area (Å²) in [6.45, 7) is 8.27. The Bertz CT molecular complexity index is 499. The molecular weight excluding hydrogens is 238 g/mol. The fourth-order valence-electron chi connectivity index (χ4n) is 1.79. The molecule has 1 heterocycles. The van der Waals surface area contributed by atoms with Crippen molar-refractivity contribution in [1.29, 1.82) is 0 Å². The molecule has 0 spiro atoms. The van der Waals surface area contributed by atoms with Crippen LogP contribution in [0.1, 0.15) is 20.8 Å². The normalized spacial score (nSPS) is 11.5. The van der Waals surface area contributed by atoms with Gasteiger partial charge in [0, 0.05) is 18.6 Å². The van der Waals surface area contributed by atoms with Crippen LogP contribution >= 0.6 is 0 Å². The van der Waals surface area contributed by atoms with Gasteiger partial charge < -0.3 is 10.6 Å². The maximum atomic E-state index is 4.16. The lowest BCUT2D eigenvalue weighted by Gasteiger charge is -2.21. The van der Waals surface area contributed by atoms with E-state index in [-0.39, 0.29) is 5.54 Å². The molecule has 0 unspecified atom stereocenters. The molecule has 0 aliphatic rings. The summed E-state index contributed by atoms with van der Waals surface area (Å²) in [6, 6.07) is 8.08. The molecule has 0 aliphatic heterocycles. The number of anilines is 1. The molecule has 102 valence electrons. The monoisotopic (exact) mass is 259 g/mol. The van der Waals surface area contributed by atoms with Crippen LogP contribution in [0.15, 0.2) is 36.9 Å². The van der Waals surface area contributed by atoms with Crippen LogP contribution in [-0.2, 0) is 0 Å². The van der Waals surface area contributed by atoms with E-state index in [1.54, 1.807) is 11.0 Å². The zero-order valence-electron chi connectivity index (χ0n) is 11.7. The number of rotatable bonds is 5. The molecule has 2 N–H and O–H groups in total. The van der Waals surface area contributed by atoms with Gasteiger partial charge in [0.2, 0.25) is 0 Å². The smallest absolute Gasteiger partial charge is 0.138 e. The lowest BCUT2D eigenvalue weighted by Crippen LogP contribution is -2.38. The fraction of sp³-hybridized carbons (Fsp3) is 0.429. The zero-order valence-corrected chi connectivity index (χ0v) is 11.7. The second-order valence-corrected chi connectivity index (χ2v) is 5.46. The van der Waals surface area contributed by atoms with Gasteiger partial charge in [-0.15, -0.1) is 0 Å². The third kappa shape index (κ3) is 4.06. The molecule has 1 aromatic carbocycles. The van der Waals surface area contributed by atoms with Crippen LogP contribution in [0.25, 0.3) is 5.69 Å². The van der Waals surface area contributed by atoms with Crippen molar-refractivity contribution in [3.8, 4) is 5.69 Å². The number of nitrogens with one attached hydrogen (secondary N) is 2. The number of para-hydroxylation sites is 2. The molecule has 0 bridgehead atoms. The molecule has 5 heteroatoms. The second-order valence-electron chi connectivity index (χ2n) is 5.46. The molecular formula is C14H21N5. The van der Waals surface area contributed by atoms with Crippen LogP contribution in [0.2, 0.25) is 0 Å². The second kappa shape index (κ2) is 5.84. The highest BCUT2D eigenvalue weighted by atomic mass is 15.3. The van der Waals surface area contributed by atoms with E-state index >= 15 is 0 Å². The summed E-state index contributed by atoms with van der Waals surface area (Å²) < 4.78 is 1.76. The molecule has 0 atom stereocenters. The van der Waals surface area contributed by atoms with Crippen molar-refractivity contribution in [3.63, 3.8) is 0 Å². The van der Waals surface area contributed by atoms with Gasteiger partial charge in [0.05, 0.1) is 11.4 Å². The van der Waals surface area contributed by atoms with Crippen LogP contribution in [-0.4, -0.2) is 33.4 Å². The van der Waals surface area contributed by atoms with E-state index in [0.29, 0.717) is 0 Å². The number of hydrogen-bond donors (Lipinski definition) is 2. The Labute approximate surface area is 114 Å². The molecule has 19 heavy (non-hydrogen) atoms. The Hall–Kier alpha value is -1.88. The summed E-state index contributed by atoms with van der Waals surface area (Å²) in [6.07, 6.45) is 3.24. The Morgan fingerprint density at radius 2 is 1.95 bits per heavy atom. The number of benzene rings is 1. The fourth-order valence-corrected chi connectivity index (χ4v) is 1.79. The van der Waals surface area contributed by atoms with Gasteiger partial charge in [-0.05, 0) is 32.9 Å². The van der Waals surface area contributed by atoms with Crippen molar-refractivity contribution >= 4 is 5.69 Å². The largest absolute Gasteiger partial charge is 0.382 e. The van der Waals surface area contributed by atoms with E-state index in [1.165, 1.54) is 6.33 Å². The topological polar surface area (TPSA) is 54.8 Å². The molecule has 2 rings (SSSR count). The van der Waals surface area contributed by atoms with Crippen molar-refractivity contribution in [1.82, 2.24) is 20.1 Å². The Morgan fingerprint density at radius 3 is 2.63 bits per heavy atom. The highest BCUT2D eigenvalue weighted by Crippen LogP contribution is 2.17. The Balaban J connectivity index is 1.97. The van der Waals surface area contributed by atoms with Crippen LogP contribution in [0.5, 0.6) is 0 Å². The van der Waals surface area contributed by atoms with Crippen molar-refractivity contribution in [2.24, 2.45) is 0 Å². The predicted molar refractivity (Wildman–Crippen MR) is 77.6 cm³/mol. The number of hydrogen-bond acceptors (Lipinski definition) is 4. The van der Waals surface area contributed by atoms with Crippen molar-refractivity contribution in [2.75, 3.05) is 18.4 Å². The lowest BCUT2D eigenvalue weighted by atomic mass is 10.1. The summed E-state index contributed by atoms with van der Waals surface area (Å²) in [7, 11) is 0. The van der Waals surface area contributed by atoms with E-state index in [9.17, 15) is 0 Å². The summed E-state index contributed by atoms with van der Waals surface area (Å²) in [5.74, 6) is 0. The molecule has 0 saturated heterocycles. The van der Waals surface area contributed by atoms with Gasteiger partial charge in [0.25, 0.3) is 0 Å². The first-order valence-electron chi connectivity index (χ1n) is 6.49. The number of nitrogens with zero attached hydrogens (tertiary/aromatic N) is 3. The van der Waals surface area contributed by atoms with Gasteiger partial charge >= 0.3 is 0 Å². The van der Waals surface area contributed by atoms with E-state index in [0.717, 1.165) is 24.5 Å². The van der Waals surface area contributed by atoms with Crippen LogP contribution in [0.4, 0.5) is 5.69 Å². The first kappa shape index (κ1) is 13.5. The van der Waals surface area contributed by atoms with Gasteiger partial charge in [-0.1, -0.05) is 12.1 Å². The molecule has 0 radical (unpaired) electrons. The third-order valence-electron chi connectivity index (χ3n) is 2.67. The quantitative estimate of drug-likeness (QED) is 0.807. The molecule has 0 amide bonds. The average molecular weight is 259 g/mol. The van der Waals surface area contributed by atoms with Crippen molar-refractivity contribution in [3.05, 3.63) is 36.9 Å². The molecule has 5 nitrogen and oxygen atoms in total. The minimum atomic E-state index is 0.146. The Kier molecular flexibility index (Phi) is 4.16. The summed E-state index contributed by atoms with van der Waals surface area (Å²) in [5.41, 5.74) is 2.21. The zero-order chi connectivity index (χ0) is 13.7. The van der Waals surface area contributed by atoms with Gasteiger partial charge in [0.15, 0.2) is 0 Å². The predicted octanol–water partition coefficient (Wildman–Crippen LogP) is 2.07. The highest BCUT2D eigenvalue weighted by molar-refractivity contribution is 5.60. The summed E-state index contributed by atoms with van der Waals surface area (Å²) in [5, 5.41) is 11.0. The minimum Gasteiger partial charge on any atom is -0.382 e. The minimum absolute atomic E-state index is 0.146. The highest BCUT2D eigenvalue weighted by Gasteiger charge is 2.08. The van der Waals surface area contributed by atoms with Gasteiger partial charge in [-0.25, -0.2) is 9.67 Å². The summed E-state index contributed by atoms with van der Waals surface area (Å²) >= 11 is 0. The maximum Gasteiger partial charge on any atom is 0.138 e. The first-order valence-corrected chi connectivity index (χ1v) is 6.49. The molecule has 0 saturated carbocycles. The van der Waals surface area contributed by atoms with Gasteiger partial charge in [0.1, 0.15) is 12.7 Å². The third-order valence-corrected chi connectivity index (χ3v) is 2.67. The molecule has 2 aromatic rings. The molecule has 1 aromatic heterocycles. The lowest BCUT2D eigenvalue weighted by molar-refractivity contribution is 0.435. The number of aromatic nitrogens is 3. The SMILES string of the molecule is CC(C)(C)NCCNc1ccccc1-n1cncn1. The van der Waals surface area contributed by atoms with E-state index in [2.05, 4.69) is 41.5 Å². The van der Waals surface area contributed by atoms with Crippen molar-refractivity contribution < 1.29 is 0 Å². The van der Waals surface area contributed by atoms with Crippen LogP contribution < -0.4 is 10.6 Å². The van der Waals surface area contributed by atoms with E-state index in [4.69, 9.17) is 0 Å². The van der Waals surface area contributed by atoms with Crippen molar-refractivity contribution in [2.45, 2.75) is 26.3 Å². The van der Waals surface area contributed by atoms with Gasteiger partial charge in [-0.2, -0.15) is 5.10 Å². The first-order chi connectivity index (χ1) is 9.06. The maximum absolute atomic E-state index is 4.16. The van der Waals surface area contributed by atoms with E-state index < -0.39 is 0 Å². The van der Waals surface area contributed by atoms with E-state index in [1.807, 2.05) is 24.3 Å². The van der Waals surface area contributed by atoms with Crippen LogP contribution in [0.3, 0.4) is 0 Å². The average Bonchev–Trinajstić information content (AvgIpc) is 2.88. The Morgan fingerprint density at radius 1 is 1.16 bits per heavy atom. The molecule has 0 aliphatic carbocycles. The standard InChI is InChI=1S/C14H21N5/c1-14(2,3)17-9-8-16-12-6-4-5-7-13(12)19-11-15-10-18-19/h4-7,10-11,16-17H,8-9H2,1-3H3. The summed E-state index contributed by atoms with van der Waals surface area (Å²) in [4.78, 5) is 3.98. The van der Waals surface area contributed by atoms with Crippen LogP contribution in [0, 0.1) is 0 Å². The van der Waals surface area contributed by atoms with Gasteiger partial charge in [-0.3, -0.25) is 0 Å².